The van der Waals surface area contributed by atoms with Gasteiger partial charge in [0.1, 0.15) is 0 Å². The van der Waals surface area contributed by atoms with Gasteiger partial charge in [-0.15, -0.1) is 0 Å². The fourth-order valence-corrected chi connectivity index (χ4v) is 2.13. The minimum absolute atomic E-state index is 0.0747. The van der Waals surface area contributed by atoms with Gasteiger partial charge in [0.25, 0.3) is 11.6 Å². The van der Waals surface area contributed by atoms with Crippen LogP contribution >= 0.6 is 0 Å². The molecule has 2 aromatic carbocycles. The molecule has 154 valence electrons. The number of hydrogen-bond acceptors (Lipinski definition) is 7. The second-order valence-corrected chi connectivity index (χ2v) is 5.57. The van der Waals surface area contributed by atoms with Gasteiger partial charge in [-0.3, -0.25) is 14.9 Å². The molecule has 0 spiro atoms. The lowest BCUT2D eigenvalue weighted by Crippen LogP contribution is -2.26. The van der Waals surface area contributed by atoms with Crippen LogP contribution in [-0.4, -0.2) is 36.9 Å². The standard InChI is InChI=1S/C18H17F2N3O6/c1-11(17(24)22-13-4-3-5-14(9-13)23(25)26)29-21-10-12-6-7-15(28-18(19)20)16(8-12)27-2/h3-11,18H,1-2H3,(H,22,24)/b21-10+. The summed E-state index contributed by atoms with van der Waals surface area (Å²) in [5.74, 6) is -0.628. The Hall–Kier alpha value is -3.76. The quantitative estimate of drug-likeness (QED) is 0.385. The van der Waals surface area contributed by atoms with E-state index in [2.05, 4.69) is 15.2 Å². The molecule has 0 aromatic heterocycles. The highest BCUT2D eigenvalue weighted by Gasteiger charge is 2.16. The van der Waals surface area contributed by atoms with E-state index in [0.29, 0.717) is 5.56 Å². The predicted octanol–water partition coefficient (Wildman–Crippen LogP) is 3.58. The van der Waals surface area contributed by atoms with Crippen molar-refractivity contribution in [3.05, 3.63) is 58.1 Å². The number of alkyl halides is 2. The lowest BCUT2D eigenvalue weighted by molar-refractivity contribution is -0.384. The number of amides is 1. The van der Waals surface area contributed by atoms with Gasteiger partial charge in [-0.1, -0.05) is 11.2 Å². The summed E-state index contributed by atoms with van der Waals surface area (Å²) in [5, 5.41) is 16.9. The Balaban J connectivity index is 1.96. The first-order valence-electron chi connectivity index (χ1n) is 8.17. The second-order valence-electron chi connectivity index (χ2n) is 5.57. The maximum absolute atomic E-state index is 12.3. The van der Waals surface area contributed by atoms with E-state index in [9.17, 15) is 23.7 Å². The Morgan fingerprint density at radius 3 is 2.66 bits per heavy atom. The Kier molecular flexibility index (Phi) is 7.40. The van der Waals surface area contributed by atoms with E-state index in [0.717, 1.165) is 0 Å². The summed E-state index contributed by atoms with van der Waals surface area (Å²) < 4.78 is 33.9. The molecule has 2 rings (SSSR count). The highest BCUT2D eigenvalue weighted by Crippen LogP contribution is 2.29. The molecule has 1 N–H and O–H groups in total. The van der Waals surface area contributed by atoms with Crippen molar-refractivity contribution in [2.75, 3.05) is 12.4 Å². The molecule has 1 atom stereocenters. The number of halogens is 2. The van der Waals surface area contributed by atoms with Crippen LogP contribution in [0.4, 0.5) is 20.2 Å². The molecule has 0 aliphatic carbocycles. The van der Waals surface area contributed by atoms with Gasteiger partial charge in [-0.2, -0.15) is 8.78 Å². The first-order valence-corrected chi connectivity index (χ1v) is 8.17. The maximum atomic E-state index is 12.3. The zero-order chi connectivity index (χ0) is 21.4. The highest BCUT2D eigenvalue weighted by atomic mass is 19.3. The van der Waals surface area contributed by atoms with Gasteiger partial charge < -0.3 is 19.6 Å². The van der Waals surface area contributed by atoms with Crippen LogP contribution in [0.1, 0.15) is 12.5 Å². The average Bonchev–Trinajstić information content (AvgIpc) is 2.68. The molecule has 0 heterocycles. The number of nitrogens with zero attached hydrogens (tertiary/aromatic N) is 2. The van der Waals surface area contributed by atoms with Gasteiger partial charge in [0.2, 0.25) is 6.10 Å². The van der Waals surface area contributed by atoms with Crippen LogP contribution in [0.15, 0.2) is 47.6 Å². The lowest BCUT2D eigenvalue weighted by Gasteiger charge is -2.11. The minimum Gasteiger partial charge on any atom is -0.493 e. The first-order chi connectivity index (χ1) is 13.8. The molecule has 0 radical (unpaired) electrons. The van der Waals surface area contributed by atoms with E-state index in [-0.39, 0.29) is 22.9 Å². The summed E-state index contributed by atoms with van der Waals surface area (Å²) in [6.45, 7) is -1.55. The van der Waals surface area contributed by atoms with E-state index in [1.165, 1.54) is 62.7 Å². The number of carbonyl (C=O) groups is 1. The fourth-order valence-electron chi connectivity index (χ4n) is 2.13. The predicted molar refractivity (Wildman–Crippen MR) is 99.5 cm³/mol. The number of benzene rings is 2. The number of methoxy groups -OCH3 is 1. The Labute approximate surface area is 164 Å². The molecular weight excluding hydrogens is 392 g/mol. The normalized spacial score (nSPS) is 11.9. The van der Waals surface area contributed by atoms with Crippen molar-refractivity contribution in [3.8, 4) is 11.5 Å². The number of rotatable bonds is 9. The van der Waals surface area contributed by atoms with Crippen molar-refractivity contribution in [3.63, 3.8) is 0 Å². The number of nitro groups is 1. The fraction of sp³-hybridized carbons (Fsp3) is 0.222. The third-order valence-electron chi connectivity index (χ3n) is 3.52. The van der Waals surface area contributed by atoms with Crippen molar-refractivity contribution in [1.29, 1.82) is 0 Å². The van der Waals surface area contributed by atoms with Crippen molar-refractivity contribution in [2.24, 2.45) is 5.16 Å². The monoisotopic (exact) mass is 409 g/mol. The number of carbonyl (C=O) groups excluding carboxylic acids is 1. The number of ether oxygens (including phenoxy) is 2. The van der Waals surface area contributed by atoms with Gasteiger partial charge in [0.05, 0.1) is 18.2 Å². The smallest absolute Gasteiger partial charge is 0.387 e. The summed E-state index contributed by atoms with van der Waals surface area (Å²) in [6.07, 6.45) is 0.250. The Morgan fingerprint density at radius 2 is 2.00 bits per heavy atom. The molecule has 1 amide bonds. The van der Waals surface area contributed by atoms with Gasteiger partial charge >= 0.3 is 6.61 Å². The summed E-state index contributed by atoms with van der Waals surface area (Å²) >= 11 is 0. The number of nitro benzene ring substituents is 1. The highest BCUT2D eigenvalue weighted by molar-refractivity contribution is 5.94. The van der Waals surface area contributed by atoms with Crippen molar-refractivity contribution in [1.82, 2.24) is 0 Å². The van der Waals surface area contributed by atoms with Gasteiger partial charge in [-0.05, 0) is 31.2 Å². The largest absolute Gasteiger partial charge is 0.493 e. The van der Waals surface area contributed by atoms with Crippen LogP contribution < -0.4 is 14.8 Å². The van der Waals surface area contributed by atoms with Crippen LogP contribution in [0, 0.1) is 10.1 Å². The molecule has 29 heavy (non-hydrogen) atoms. The van der Waals surface area contributed by atoms with E-state index >= 15 is 0 Å². The van der Waals surface area contributed by atoms with Gasteiger partial charge in [-0.25, -0.2) is 0 Å². The van der Waals surface area contributed by atoms with Gasteiger partial charge in [0, 0.05) is 23.4 Å². The number of nitrogens with one attached hydrogen (secondary N) is 1. The molecule has 0 aliphatic heterocycles. The zero-order valence-corrected chi connectivity index (χ0v) is 15.4. The number of non-ortho nitro benzene ring substituents is 1. The van der Waals surface area contributed by atoms with Crippen molar-refractivity contribution in [2.45, 2.75) is 19.6 Å². The maximum Gasteiger partial charge on any atom is 0.387 e. The topological polar surface area (TPSA) is 112 Å². The van der Waals surface area contributed by atoms with Crippen LogP contribution in [0.5, 0.6) is 11.5 Å². The van der Waals surface area contributed by atoms with E-state index in [1.54, 1.807) is 0 Å². The van der Waals surface area contributed by atoms with Crippen LogP contribution in [-0.2, 0) is 9.63 Å². The number of oxime groups is 1. The number of hydrogen-bond donors (Lipinski definition) is 1. The summed E-state index contributed by atoms with van der Waals surface area (Å²) in [4.78, 5) is 27.3. The van der Waals surface area contributed by atoms with E-state index in [4.69, 9.17) is 9.57 Å². The molecule has 1 unspecified atom stereocenters. The molecule has 9 nitrogen and oxygen atoms in total. The summed E-state index contributed by atoms with van der Waals surface area (Å²) in [5.41, 5.74) is 0.528. The summed E-state index contributed by atoms with van der Waals surface area (Å²) in [6, 6.07) is 9.57. The molecule has 0 saturated heterocycles. The molecule has 0 aliphatic rings. The average molecular weight is 409 g/mol. The SMILES string of the molecule is COc1cc(/C=N/OC(C)C(=O)Nc2cccc([N+](=O)[O-])c2)ccc1OC(F)F. The second kappa shape index (κ2) is 9.97. The third kappa shape index (κ3) is 6.41. The van der Waals surface area contributed by atoms with Crippen molar-refractivity contribution < 1.29 is 32.8 Å². The van der Waals surface area contributed by atoms with Crippen LogP contribution in [0.2, 0.25) is 0 Å². The van der Waals surface area contributed by atoms with Crippen LogP contribution in [0.3, 0.4) is 0 Å². The number of anilines is 1. The van der Waals surface area contributed by atoms with Gasteiger partial charge in [0.15, 0.2) is 11.5 Å². The Morgan fingerprint density at radius 1 is 1.24 bits per heavy atom. The van der Waals surface area contributed by atoms with Crippen LogP contribution in [0.25, 0.3) is 0 Å². The molecule has 0 saturated carbocycles. The third-order valence-corrected chi connectivity index (χ3v) is 3.52. The van der Waals surface area contributed by atoms with E-state index in [1.807, 2.05) is 0 Å². The molecule has 0 bridgehead atoms. The molecule has 0 fully saturated rings. The molecule has 11 heteroatoms. The van der Waals surface area contributed by atoms with E-state index < -0.39 is 23.5 Å². The Bertz CT molecular complexity index is 907. The zero-order valence-electron chi connectivity index (χ0n) is 15.4. The molecular formula is C18H17F2N3O6. The first kappa shape index (κ1) is 21.5. The minimum atomic E-state index is -2.99. The molecule has 2 aromatic rings. The summed E-state index contributed by atoms with van der Waals surface area (Å²) in [7, 11) is 1.30. The van der Waals surface area contributed by atoms with Crippen molar-refractivity contribution >= 4 is 23.5 Å². The lowest BCUT2D eigenvalue weighted by atomic mass is 10.2.